The van der Waals surface area contributed by atoms with Gasteiger partial charge in [-0.2, -0.15) is 0 Å². The summed E-state index contributed by atoms with van der Waals surface area (Å²) in [6, 6.07) is 25.0. The Morgan fingerprint density at radius 1 is 0.920 bits per heavy atom. The minimum absolute atomic E-state index is 0.0841. The normalized spacial score (nSPS) is 16.4. The molecule has 4 heteroatoms. The highest BCUT2D eigenvalue weighted by atomic mass is 16.2. The molecule has 3 aromatic carbocycles. The maximum absolute atomic E-state index is 12.7. The lowest BCUT2D eigenvalue weighted by Crippen LogP contribution is -2.21. The Labute approximate surface area is 146 Å². The first-order valence-corrected chi connectivity index (χ1v) is 8.12. The zero-order chi connectivity index (χ0) is 17.2. The molecule has 1 heterocycles. The van der Waals surface area contributed by atoms with Crippen LogP contribution in [0.4, 0.5) is 17.1 Å². The van der Waals surface area contributed by atoms with E-state index < -0.39 is 5.92 Å². The SMILES string of the molecule is Nc1ccc2c(c1)NC(=O)C2C(=Nc1ccccc1)c1ccccc1. The predicted molar refractivity (Wildman–Crippen MR) is 101 cm³/mol. The zero-order valence-electron chi connectivity index (χ0n) is 13.5. The number of aliphatic imine (C=N–C) groups is 1. The summed E-state index contributed by atoms with van der Waals surface area (Å²) in [7, 11) is 0. The van der Waals surface area contributed by atoms with Gasteiger partial charge in [-0.25, -0.2) is 0 Å². The maximum Gasteiger partial charge on any atom is 0.238 e. The second-order valence-electron chi connectivity index (χ2n) is 5.97. The van der Waals surface area contributed by atoms with Gasteiger partial charge in [0.1, 0.15) is 5.92 Å². The molecule has 0 spiro atoms. The molecule has 1 amide bonds. The highest BCUT2D eigenvalue weighted by molar-refractivity contribution is 6.24. The molecule has 25 heavy (non-hydrogen) atoms. The number of nitrogens with one attached hydrogen (secondary N) is 1. The van der Waals surface area contributed by atoms with E-state index in [4.69, 9.17) is 10.7 Å². The Hall–Kier alpha value is -3.40. The van der Waals surface area contributed by atoms with Crippen molar-refractivity contribution < 1.29 is 4.79 Å². The third-order valence-corrected chi connectivity index (χ3v) is 4.26. The molecule has 1 unspecified atom stereocenters. The third kappa shape index (κ3) is 2.90. The number of nitrogens with two attached hydrogens (primary N) is 1. The van der Waals surface area contributed by atoms with Crippen molar-refractivity contribution in [3.63, 3.8) is 0 Å². The van der Waals surface area contributed by atoms with Gasteiger partial charge in [0, 0.05) is 11.4 Å². The fraction of sp³-hybridized carbons (Fsp3) is 0.0476. The van der Waals surface area contributed by atoms with Crippen molar-refractivity contribution in [2.75, 3.05) is 11.1 Å². The molecule has 3 aromatic rings. The predicted octanol–water partition coefficient (Wildman–Crippen LogP) is 4.13. The van der Waals surface area contributed by atoms with Crippen molar-refractivity contribution >= 4 is 28.7 Å². The summed E-state index contributed by atoms with van der Waals surface area (Å²) in [6.45, 7) is 0. The van der Waals surface area contributed by atoms with Crippen molar-refractivity contribution in [3.05, 3.63) is 90.0 Å². The molecular formula is C21H17N3O. The van der Waals surface area contributed by atoms with Crippen LogP contribution < -0.4 is 11.1 Å². The van der Waals surface area contributed by atoms with Gasteiger partial charge in [0.05, 0.1) is 11.4 Å². The number of hydrogen-bond donors (Lipinski definition) is 2. The average molecular weight is 327 g/mol. The number of amides is 1. The lowest BCUT2D eigenvalue weighted by molar-refractivity contribution is -0.115. The summed E-state index contributed by atoms with van der Waals surface area (Å²) >= 11 is 0. The molecule has 1 atom stereocenters. The van der Waals surface area contributed by atoms with Gasteiger partial charge in [0.2, 0.25) is 5.91 Å². The molecule has 122 valence electrons. The van der Waals surface area contributed by atoms with Crippen molar-refractivity contribution in [3.8, 4) is 0 Å². The summed E-state index contributed by atoms with van der Waals surface area (Å²) in [5.41, 5.74) is 10.6. The first kappa shape index (κ1) is 15.1. The van der Waals surface area contributed by atoms with E-state index in [1.54, 1.807) is 6.07 Å². The Bertz CT molecular complexity index is 949. The number of nitrogens with zero attached hydrogens (tertiary/aromatic N) is 1. The number of carbonyl (C=O) groups excluding carboxylic acids is 1. The number of carbonyl (C=O) groups is 1. The van der Waals surface area contributed by atoms with E-state index in [1.807, 2.05) is 72.8 Å². The average Bonchev–Trinajstić information content (AvgIpc) is 2.96. The number of para-hydroxylation sites is 1. The smallest absolute Gasteiger partial charge is 0.238 e. The molecule has 0 fully saturated rings. The lowest BCUT2D eigenvalue weighted by Gasteiger charge is -2.14. The van der Waals surface area contributed by atoms with Gasteiger partial charge >= 0.3 is 0 Å². The number of anilines is 2. The molecule has 0 radical (unpaired) electrons. The molecular weight excluding hydrogens is 310 g/mol. The van der Waals surface area contributed by atoms with E-state index in [-0.39, 0.29) is 5.91 Å². The Morgan fingerprint density at radius 2 is 1.60 bits per heavy atom. The number of hydrogen-bond acceptors (Lipinski definition) is 3. The van der Waals surface area contributed by atoms with Crippen LogP contribution in [0.15, 0.2) is 83.9 Å². The monoisotopic (exact) mass is 327 g/mol. The van der Waals surface area contributed by atoms with Crippen molar-refractivity contribution in [1.82, 2.24) is 0 Å². The van der Waals surface area contributed by atoms with Crippen LogP contribution in [-0.2, 0) is 4.79 Å². The van der Waals surface area contributed by atoms with Crippen molar-refractivity contribution in [2.45, 2.75) is 5.92 Å². The first-order valence-electron chi connectivity index (χ1n) is 8.12. The highest BCUT2D eigenvalue weighted by Crippen LogP contribution is 2.37. The van der Waals surface area contributed by atoms with Gasteiger partial charge in [-0.05, 0) is 35.4 Å². The van der Waals surface area contributed by atoms with Crippen molar-refractivity contribution in [2.24, 2.45) is 4.99 Å². The summed E-state index contributed by atoms with van der Waals surface area (Å²) < 4.78 is 0. The van der Waals surface area contributed by atoms with Crippen LogP contribution in [0.3, 0.4) is 0 Å². The van der Waals surface area contributed by atoms with Crippen LogP contribution >= 0.6 is 0 Å². The van der Waals surface area contributed by atoms with Gasteiger partial charge < -0.3 is 11.1 Å². The zero-order valence-corrected chi connectivity index (χ0v) is 13.5. The van der Waals surface area contributed by atoms with Crippen LogP contribution in [0.2, 0.25) is 0 Å². The maximum atomic E-state index is 12.7. The molecule has 1 aliphatic rings. The second-order valence-corrected chi connectivity index (χ2v) is 5.97. The Kier molecular flexibility index (Phi) is 3.78. The van der Waals surface area contributed by atoms with E-state index in [0.29, 0.717) is 5.69 Å². The molecule has 0 bridgehead atoms. The van der Waals surface area contributed by atoms with Gasteiger partial charge in [0.15, 0.2) is 0 Å². The fourth-order valence-electron chi connectivity index (χ4n) is 3.10. The van der Waals surface area contributed by atoms with Gasteiger partial charge in [-0.3, -0.25) is 9.79 Å². The quantitative estimate of drug-likeness (QED) is 0.561. The van der Waals surface area contributed by atoms with Gasteiger partial charge in [0.25, 0.3) is 0 Å². The second kappa shape index (κ2) is 6.24. The molecule has 0 aromatic heterocycles. The molecule has 3 N–H and O–H groups in total. The molecule has 4 rings (SSSR count). The fourth-order valence-corrected chi connectivity index (χ4v) is 3.10. The number of rotatable bonds is 3. The minimum Gasteiger partial charge on any atom is -0.399 e. The Morgan fingerprint density at radius 3 is 2.32 bits per heavy atom. The topological polar surface area (TPSA) is 67.5 Å². The summed E-state index contributed by atoms with van der Waals surface area (Å²) in [5.74, 6) is -0.544. The van der Waals surface area contributed by atoms with Crippen LogP contribution in [0.5, 0.6) is 0 Å². The molecule has 0 saturated carbocycles. The molecule has 1 aliphatic heterocycles. The minimum atomic E-state index is -0.460. The van der Waals surface area contributed by atoms with E-state index in [0.717, 1.165) is 28.2 Å². The summed E-state index contributed by atoms with van der Waals surface area (Å²) in [6.07, 6.45) is 0. The number of nitrogen functional groups attached to an aromatic ring is 1. The van der Waals surface area contributed by atoms with E-state index in [1.165, 1.54) is 0 Å². The standard InChI is InChI=1S/C21H17N3O/c22-15-11-12-17-18(13-15)24-21(25)19(17)20(14-7-3-1-4-8-14)23-16-9-5-2-6-10-16/h1-13,19H,22H2,(H,24,25). The largest absolute Gasteiger partial charge is 0.399 e. The van der Waals surface area contributed by atoms with E-state index in [9.17, 15) is 4.79 Å². The van der Waals surface area contributed by atoms with Crippen LogP contribution in [0.25, 0.3) is 0 Å². The highest BCUT2D eigenvalue weighted by Gasteiger charge is 2.35. The molecule has 0 saturated heterocycles. The van der Waals surface area contributed by atoms with Crippen LogP contribution in [0.1, 0.15) is 17.0 Å². The van der Waals surface area contributed by atoms with Crippen molar-refractivity contribution in [1.29, 1.82) is 0 Å². The number of fused-ring (bicyclic) bond motifs is 1. The van der Waals surface area contributed by atoms with Crippen LogP contribution in [-0.4, -0.2) is 11.6 Å². The Balaban J connectivity index is 1.88. The lowest BCUT2D eigenvalue weighted by atomic mass is 9.90. The summed E-state index contributed by atoms with van der Waals surface area (Å²) in [4.78, 5) is 17.5. The molecule has 0 aliphatic carbocycles. The third-order valence-electron chi connectivity index (χ3n) is 4.26. The van der Waals surface area contributed by atoms with E-state index in [2.05, 4.69) is 5.32 Å². The molecule has 4 nitrogen and oxygen atoms in total. The summed E-state index contributed by atoms with van der Waals surface area (Å²) in [5, 5.41) is 2.92. The first-order chi connectivity index (χ1) is 12.2. The van der Waals surface area contributed by atoms with Crippen LogP contribution in [0, 0.1) is 0 Å². The number of benzene rings is 3. The van der Waals surface area contributed by atoms with Gasteiger partial charge in [-0.15, -0.1) is 0 Å². The van der Waals surface area contributed by atoms with Gasteiger partial charge in [-0.1, -0.05) is 54.6 Å². The van der Waals surface area contributed by atoms with E-state index >= 15 is 0 Å².